The Kier molecular flexibility index (Phi) is 5.39. The first-order valence-corrected chi connectivity index (χ1v) is 10.9. The number of hydrogen-bond acceptors (Lipinski definition) is 5. The molecular formula is C16H18FN5O4S2. The second-order valence-electron chi connectivity index (χ2n) is 6.08. The average Bonchev–Trinajstić information content (AvgIpc) is 3.02. The Labute approximate surface area is 161 Å². The lowest BCUT2D eigenvalue weighted by Crippen LogP contribution is -2.29. The third kappa shape index (κ3) is 4.47. The predicted molar refractivity (Wildman–Crippen MR) is 103 cm³/mol. The number of aromatic amines is 1. The number of halogens is 1. The molecule has 1 aromatic heterocycles. The average molecular weight is 427 g/mol. The number of sulfonamides is 1. The van der Waals surface area contributed by atoms with Crippen molar-refractivity contribution in [2.24, 2.45) is 0 Å². The number of nitrogens with zero attached hydrogens (tertiary/aromatic N) is 2. The van der Waals surface area contributed by atoms with E-state index < -0.39 is 26.0 Å². The summed E-state index contributed by atoms with van der Waals surface area (Å²) in [6, 6.07) is 9.29. The Balaban J connectivity index is 1.71. The highest BCUT2D eigenvalue weighted by molar-refractivity contribution is 7.90. The molecule has 3 rings (SSSR count). The summed E-state index contributed by atoms with van der Waals surface area (Å²) in [5, 5.41) is 0. The minimum atomic E-state index is -3.85. The summed E-state index contributed by atoms with van der Waals surface area (Å²) in [4.78, 5) is 7.00. The first-order chi connectivity index (χ1) is 13.1. The molecule has 0 bridgehead atoms. The van der Waals surface area contributed by atoms with Gasteiger partial charge in [0, 0.05) is 19.8 Å². The van der Waals surface area contributed by atoms with Crippen LogP contribution < -0.4 is 9.44 Å². The zero-order chi connectivity index (χ0) is 20.5. The van der Waals surface area contributed by atoms with Gasteiger partial charge in [-0.1, -0.05) is 0 Å². The largest absolute Gasteiger partial charge is 0.341 e. The van der Waals surface area contributed by atoms with Crippen LogP contribution in [0.4, 0.5) is 10.1 Å². The molecular weight excluding hydrogens is 409 g/mol. The second kappa shape index (κ2) is 7.47. The summed E-state index contributed by atoms with van der Waals surface area (Å²) in [5.41, 5.74) is 1.21. The second-order valence-corrected chi connectivity index (χ2v) is 9.73. The summed E-state index contributed by atoms with van der Waals surface area (Å²) in [6.45, 7) is -0.117. The minimum Gasteiger partial charge on any atom is -0.341 e. The van der Waals surface area contributed by atoms with Crippen LogP contribution in [-0.2, 0) is 26.8 Å². The molecule has 0 aliphatic carbocycles. The molecule has 0 aliphatic rings. The van der Waals surface area contributed by atoms with Gasteiger partial charge in [-0.2, -0.15) is 12.7 Å². The van der Waals surface area contributed by atoms with Gasteiger partial charge in [0.05, 0.1) is 22.5 Å². The fourth-order valence-electron chi connectivity index (χ4n) is 2.31. The molecule has 28 heavy (non-hydrogen) atoms. The molecule has 9 nitrogen and oxygen atoms in total. The molecule has 1 heterocycles. The molecule has 0 spiro atoms. The van der Waals surface area contributed by atoms with Gasteiger partial charge in [-0.05, 0) is 42.5 Å². The minimum absolute atomic E-state index is 0.0394. The van der Waals surface area contributed by atoms with E-state index in [9.17, 15) is 21.2 Å². The van der Waals surface area contributed by atoms with Crippen molar-refractivity contribution in [2.45, 2.75) is 11.4 Å². The quantitative estimate of drug-likeness (QED) is 0.526. The van der Waals surface area contributed by atoms with Crippen molar-refractivity contribution < 1.29 is 21.2 Å². The lowest BCUT2D eigenvalue weighted by Gasteiger charge is -2.13. The smallest absolute Gasteiger partial charge is 0.301 e. The van der Waals surface area contributed by atoms with Gasteiger partial charge >= 0.3 is 10.2 Å². The molecule has 0 unspecified atom stereocenters. The van der Waals surface area contributed by atoms with E-state index >= 15 is 0 Å². The maximum atomic E-state index is 13.2. The van der Waals surface area contributed by atoms with Crippen LogP contribution in [0.25, 0.3) is 11.0 Å². The maximum Gasteiger partial charge on any atom is 0.301 e. The van der Waals surface area contributed by atoms with Gasteiger partial charge in [0.25, 0.3) is 0 Å². The summed E-state index contributed by atoms with van der Waals surface area (Å²) in [5.74, 6) is -0.0900. The van der Waals surface area contributed by atoms with Crippen LogP contribution in [0.2, 0.25) is 0 Å². The van der Waals surface area contributed by atoms with Crippen molar-refractivity contribution in [3.63, 3.8) is 0 Å². The Morgan fingerprint density at radius 3 is 2.39 bits per heavy atom. The van der Waals surface area contributed by atoms with Gasteiger partial charge < -0.3 is 4.98 Å². The number of H-pyrrole nitrogens is 1. The Morgan fingerprint density at radius 2 is 1.75 bits per heavy atom. The van der Waals surface area contributed by atoms with Crippen LogP contribution in [0, 0.1) is 5.82 Å². The molecule has 0 fully saturated rings. The Bertz CT molecular complexity index is 1210. The molecule has 3 N–H and O–H groups in total. The van der Waals surface area contributed by atoms with Crippen molar-refractivity contribution in [1.29, 1.82) is 0 Å². The lowest BCUT2D eigenvalue weighted by atomic mass is 10.3. The van der Waals surface area contributed by atoms with Crippen LogP contribution in [0.15, 0.2) is 47.4 Å². The van der Waals surface area contributed by atoms with E-state index in [4.69, 9.17) is 0 Å². The SMILES string of the molecule is CN(C)S(=O)(=O)Nc1ccc(S(=O)(=O)NCc2nc3ccc(F)cc3[nH]2)cc1. The zero-order valence-corrected chi connectivity index (χ0v) is 16.6. The molecule has 2 aromatic carbocycles. The van der Waals surface area contributed by atoms with E-state index in [1.54, 1.807) is 0 Å². The number of aromatic nitrogens is 2. The third-order valence-electron chi connectivity index (χ3n) is 3.81. The fourth-order valence-corrected chi connectivity index (χ4v) is 3.91. The number of nitrogens with one attached hydrogen (secondary N) is 3. The normalized spacial score (nSPS) is 12.6. The molecule has 0 atom stereocenters. The molecule has 0 aliphatic heterocycles. The van der Waals surface area contributed by atoms with Crippen LogP contribution in [0.1, 0.15) is 5.82 Å². The van der Waals surface area contributed by atoms with Gasteiger partial charge in [0.15, 0.2) is 0 Å². The topological polar surface area (TPSA) is 124 Å². The van der Waals surface area contributed by atoms with Gasteiger partial charge in [0.1, 0.15) is 11.6 Å². The fraction of sp³-hybridized carbons (Fsp3) is 0.188. The first kappa shape index (κ1) is 20.2. The molecule has 0 saturated carbocycles. The van der Waals surface area contributed by atoms with Gasteiger partial charge in [0.2, 0.25) is 10.0 Å². The maximum absolute atomic E-state index is 13.2. The molecule has 12 heteroatoms. The molecule has 0 radical (unpaired) electrons. The summed E-state index contributed by atoms with van der Waals surface area (Å²) < 4.78 is 67.3. The van der Waals surface area contributed by atoms with Crippen molar-refractivity contribution in [1.82, 2.24) is 19.0 Å². The van der Waals surface area contributed by atoms with E-state index in [1.807, 2.05) is 0 Å². The van der Waals surface area contributed by atoms with Crippen LogP contribution >= 0.6 is 0 Å². The number of benzene rings is 2. The van der Waals surface area contributed by atoms with E-state index in [2.05, 4.69) is 19.4 Å². The summed E-state index contributed by atoms with van der Waals surface area (Å²) >= 11 is 0. The van der Waals surface area contributed by atoms with Gasteiger partial charge in [-0.15, -0.1) is 0 Å². The highest BCUT2D eigenvalue weighted by Gasteiger charge is 2.17. The third-order valence-corrected chi connectivity index (χ3v) is 6.69. The van der Waals surface area contributed by atoms with Crippen LogP contribution in [0.5, 0.6) is 0 Å². The molecule has 150 valence electrons. The van der Waals surface area contributed by atoms with Crippen molar-refractivity contribution in [3.05, 3.63) is 54.1 Å². The number of rotatable bonds is 7. The summed E-state index contributed by atoms with van der Waals surface area (Å²) in [6.07, 6.45) is 0. The van der Waals surface area contributed by atoms with Crippen LogP contribution in [-0.4, -0.2) is 45.2 Å². The van der Waals surface area contributed by atoms with E-state index in [0.717, 1.165) is 4.31 Å². The monoisotopic (exact) mass is 427 g/mol. The van der Waals surface area contributed by atoms with Gasteiger partial charge in [-0.25, -0.2) is 22.5 Å². The van der Waals surface area contributed by atoms with E-state index in [-0.39, 0.29) is 17.1 Å². The first-order valence-electron chi connectivity index (χ1n) is 8.01. The van der Waals surface area contributed by atoms with Crippen molar-refractivity contribution >= 4 is 37.0 Å². The highest BCUT2D eigenvalue weighted by Crippen LogP contribution is 2.17. The molecule has 0 saturated heterocycles. The lowest BCUT2D eigenvalue weighted by molar-refractivity contribution is 0.527. The zero-order valence-electron chi connectivity index (χ0n) is 15.0. The van der Waals surface area contributed by atoms with Crippen molar-refractivity contribution in [2.75, 3.05) is 18.8 Å². The number of hydrogen-bond donors (Lipinski definition) is 3. The standard InChI is InChI=1S/C16H18FN5O4S2/c1-22(2)28(25,26)21-12-4-6-13(7-5-12)27(23,24)18-10-16-19-14-8-3-11(17)9-15(14)20-16/h3-9,18,21H,10H2,1-2H3,(H,19,20). The van der Waals surface area contributed by atoms with Gasteiger partial charge in [-0.3, -0.25) is 4.72 Å². The van der Waals surface area contributed by atoms with Crippen molar-refractivity contribution in [3.8, 4) is 0 Å². The Morgan fingerprint density at radius 1 is 1.07 bits per heavy atom. The summed E-state index contributed by atoms with van der Waals surface area (Å²) in [7, 11) is -4.79. The molecule has 3 aromatic rings. The predicted octanol–water partition coefficient (Wildman–Crippen LogP) is 1.40. The van der Waals surface area contributed by atoms with Crippen LogP contribution in [0.3, 0.4) is 0 Å². The van der Waals surface area contributed by atoms with E-state index in [1.165, 1.54) is 56.6 Å². The number of anilines is 1. The number of imidazole rings is 1. The Hall–Kier alpha value is -2.54. The number of fused-ring (bicyclic) bond motifs is 1. The molecule has 0 amide bonds. The highest BCUT2D eigenvalue weighted by atomic mass is 32.2. The van der Waals surface area contributed by atoms with E-state index in [0.29, 0.717) is 16.9 Å².